The summed E-state index contributed by atoms with van der Waals surface area (Å²) in [4.78, 5) is 4.99. The minimum atomic E-state index is 0.830. The molecule has 1 saturated heterocycles. The average Bonchev–Trinajstić information content (AvgIpc) is 2.21. The zero-order valence-corrected chi connectivity index (χ0v) is 9.12. The number of piperazine rings is 1. The molecule has 1 aliphatic rings. The number of hydrogen-bond donors (Lipinski definition) is 1. The Morgan fingerprint density at radius 1 is 1.07 bits per heavy atom. The van der Waals surface area contributed by atoms with Crippen LogP contribution in [-0.2, 0) is 0 Å². The van der Waals surface area contributed by atoms with E-state index in [9.17, 15) is 0 Å². The number of nitrogens with zero attached hydrogens (tertiary/aromatic N) is 2. The van der Waals surface area contributed by atoms with Crippen molar-refractivity contribution in [1.29, 1.82) is 0 Å². The second-order valence-corrected chi connectivity index (χ2v) is 3.93. The van der Waals surface area contributed by atoms with Gasteiger partial charge in [-0.25, -0.2) is 0 Å². The third kappa shape index (κ3) is 4.22. The van der Waals surface area contributed by atoms with Crippen molar-refractivity contribution >= 4 is 0 Å². The van der Waals surface area contributed by atoms with Gasteiger partial charge in [0.15, 0.2) is 0 Å². The van der Waals surface area contributed by atoms with Crippen LogP contribution in [-0.4, -0.2) is 55.6 Å². The smallest absolute Gasteiger partial charge is 0.0161 e. The van der Waals surface area contributed by atoms with Crippen LogP contribution in [0.4, 0.5) is 0 Å². The first kappa shape index (κ1) is 11.7. The molecule has 3 heteroatoms. The van der Waals surface area contributed by atoms with Crippen LogP contribution in [0.3, 0.4) is 0 Å². The minimum absolute atomic E-state index is 0.830. The zero-order chi connectivity index (χ0) is 10.2. The van der Waals surface area contributed by atoms with Gasteiger partial charge in [-0.3, -0.25) is 4.90 Å². The summed E-state index contributed by atoms with van der Waals surface area (Å²) >= 11 is 0. The van der Waals surface area contributed by atoms with Crippen LogP contribution in [0.1, 0.15) is 12.8 Å². The van der Waals surface area contributed by atoms with Crippen molar-refractivity contribution in [3.63, 3.8) is 0 Å². The monoisotopic (exact) mass is 197 g/mol. The molecule has 0 bridgehead atoms. The molecule has 0 spiro atoms. The topological polar surface area (TPSA) is 32.5 Å². The molecule has 1 fully saturated rings. The Balaban J connectivity index is 2.06. The summed E-state index contributed by atoms with van der Waals surface area (Å²) in [6.45, 7) is 11.6. The first-order valence-electron chi connectivity index (χ1n) is 5.62. The van der Waals surface area contributed by atoms with Crippen molar-refractivity contribution < 1.29 is 0 Å². The maximum Gasteiger partial charge on any atom is 0.0161 e. The van der Waals surface area contributed by atoms with Gasteiger partial charge in [0.25, 0.3) is 0 Å². The summed E-state index contributed by atoms with van der Waals surface area (Å²) in [5.41, 5.74) is 5.47. The summed E-state index contributed by atoms with van der Waals surface area (Å²) < 4.78 is 0. The molecule has 0 aromatic heterocycles. The van der Waals surface area contributed by atoms with Crippen LogP contribution in [0.5, 0.6) is 0 Å². The van der Waals surface area contributed by atoms with Crippen LogP contribution in [0.15, 0.2) is 12.7 Å². The van der Waals surface area contributed by atoms with Crippen LogP contribution in [0.2, 0.25) is 0 Å². The Bertz CT molecular complexity index is 151. The van der Waals surface area contributed by atoms with Crippen molar-refractivity contribution in [2.75, 3.05) is 45.8 Å². The Morgan fingerprint density at radius 2 is 1.71 bits per heavy atom. The maximum absolute atomic E-state index is 5.47. The van der Waals surface area contributed by atoms with Crippen molar-refractivity contribution in [2.24, 2.45) is 5.73 Å². The molecule has 0 aromatic carbocycles. The molecule has 0 amide bonds. The van der Waals surface area contributed by atoms with E-state index in [0.717, 1.165) is 19.5 Å². The highest BCUT2D eigenvalue weighted by atomic mass is 15.3. The quantitative estimate of drug-likeness (QED) is 0.498. The highest BCUT2D eigenvalue weighted by Crippen LogP contribution is 2.02. The van der Waals surface area contributed by atoms with Gasteiger partial charge in [-0.05, 0) is 25.9 Å². The minimum Gasteiger partial charge on any atom is -0.330 e. The molecule has 0 aliphatic carbocycles. The maximum atomic E-state index is 5.47. The predicted octanol–water partition coefficient (Wildman–Crippen LogP) is 0.529. The van der Waals surface area contributed by atoms with Gasteiger partial charge in [0, 0.05) is 32.7 Å². The highest BCUT2D eigenvalue weighted by molar-refractivity contribution is 4.78. The third-order valence-electron chi connectivity index (χ3n) is 2.78. The molecule has 2 N–H and O–H groups in total. The van der Waals surface area contributed by atoms with E-state index in [1.165, 1.54) is 39.1 Å². The molecule has 1 rings (SSSR count). The molecule has 0 atom stereocenters. The lowest BCUT2D eigenvalue weighted by Gasteiger charge is -2.34. The molecule has 3 nitrogen and oxygen atoms in total. The standard InChI is InChI=1S/C11H23N3/c1-2-6-13-8-10-14(11-9-13)7-4-3-5-12/h2H,1,3-12H2. The summed E-state index contributed by atoms with van der Waals surface area (Å²) in [6.07, 6.45) is 4.40. The van der Waals surface area contributed by atoms with Crippen LogP contribution in [0, 0.1) is 0 Å². The third-order valence-corrected chi connectivity index (χ3v) is 2.78. The largest absolute Gasteiger partial charge is 0.330 e. The lowest BCUT2D eigenvalue weighted by atomic mass is 10.2. The SMILES string of the molecule is C=CCN1CCN(CCCCN)CC1. The Labute approximate surface area is 87.6 Å². The van der Waals surface area contributed by atoms with E-state index in [4.69, 9.17) is 5.73 Å². The molecule has 0 radical (unpaired) electrons. The fraction of sp³-hybridized carbons (Fsp3) is 0.818. The summed E-state index contributed by atoms with van der Waals surface area (Å²) in [6, 6.07) is 0. The van der Waals surface area contributed by atoms with E-state index in [1.54, 1.807) is 0 Å². The Kier molecular flexibility index (Phi) is 5.83. The Hall–Kier alpha value is -0.380. The molecule has 1 heterocycles. The predicted molar refractivity (Wildman–Crippen MR) is 61.4 cm³/mol. The van der Waals surface area contributed by atoms with Crippen molar-refractivity contribution in [3.05, 3.63) is 12.7 Å². The zero-order valence-electron chi connectivity index (χ0n) is 9.12. The molecular formula is C11H23N3. The van der Waals surface area contributed by atoms with Gasteiger partial charge in [0.1, 0.15) is 0 Å². The van der Waals surface area contributed by atoms with Gasteiger partial charge in [0.2, 0.25) is 0 Å². The van der Waals surface area contributed by atoms with E-state index >= 15 is 0 Å². The summed E-state index contributed by atoms with van der Waals surface area (Å²) in [5.74, 6) is 0. The van der Waals surface area contributed by atoms with E-state index in [2.05, 4.69) is 16.4 Å². The van der Waals surface area contributed by atoms with Crippen molar-refractivity contribution in [3.8, 4) is 0 Å². The number of unbranched alkanes of at least 4 members (excludes halogenated alkanes) is 1. The molecule has 1 aliphatic heterocycles. The van der Waals surface area contributed by atoms with Gasteiger partial charge in [0.05, 0.1) is 0 Å². The van der Waals surface area contributed by atoms with Crippen molar-refractivity contribution in [2.45, 2.75) is 12.8 Å². The van der Waals surface area contributed by atoms with Crippen molar-refractivity contribution in [1.82, 2.24) is 9.80 Å². The summed E-state index contributed by atoms with van der Waals surface area (Å²) in [5, 5.41) is 0. The highest BCUT2D eigenvalue weighted by Gasteiger charge is 2.14. The molecule has 0 saturated carbocycles. The molecule has 14 heavy (non-hydrogen) atoms. The normalized spacial score (nSPS) is 19.8. The van der Waals surface area contributed by atoms with E-state index in [0.29, 0.717) is 0 Å². The summed E-state index contributed by atoms with van der Waals surface area (Å²) in [7, 11) is 0. The van der Waals surface area contributed by atoms with Crippen LogP contribution >= 0.6 is 0 Å². The van der Waals surface area contributed by atoms with Gasteiger partial charge in [-0.1, -0.05) is 6.08 Å². The van der Waals surface area contributed by atoms with E-state index < -0.39 is 0 Å². The van der Waals surface area contributed by atoms with Gasteiger partial charge < -0.3 is 10.6 Å². The molecular weight excluding hydrogens is 174 g/mol. The molecule has 82 valence electrons. The fourth-order valence-corrected chi connectivity index (χ4v) is 1.86. The second-order valence-electron chi connectivity index (χ2n) is 3.93. The van der Waals surface area contributed by atoms with Crippen LogP contribution < -0.4 is 5.73 Å². The lowest BCUT2D eigenvalue weighted by molar-refractivity contribution is 0.141. The second kappa shape index (κ2) is 6.98. The number of hydrogen-bond acceptors (Lipinski definition) is 3. The van der Waals surface area contributed by atoms with Gasteiger partial charge in [-0.2, -0.15) is 0 Å². The number of nitrogens with two attached hydrogens (primary N) is 1. The first-order chi connectivity index (χ1) is 6.86. The number of rotatable bonds is 6. The van der Waals surface area contributed by atoms with Gasteiger partial charge in [-0.15, -0.1) is 6.58 Å². The van der Waals surface area contributed by atoms with E-state index in [1.807, 2.05) is 6.08 Å². The van der Waals surface area contributed by atoms with Crippen LogP contribution in [0.25, 0.3) is 0 Å². The Morgan fingerprint density at radius 3 is 2.29 bits per heavy atom. The lowest BCUT2D eigenvalue weighted by Crippen LogP contribution is -2.46. The van der Waals surface area contributed by atoms with E-state index in [-0.39, 0.29) is 0 Å². The average molecular weight is 197 g/mol. The fourth-order valence-electron chi connectivity index (χ4n) is 1.86. The van der Waals surface area contributed by atoms with Gasteiger partial charge >= 0.3 is 0 Å². The molecule has 0 unspecified atom stereocenters. The first-order valence-corrected chi connectivity index (χ1v) is 5.62. The molecule has 0 aromatic rings.